The summed E-state index contributed by atoms with van der Waals surface area (Å²) in [4.78, 5) is 25.3. The van der Waals surface area contributed by atoms with Crippen molar-refractivity contribution in [3.05, 3.63) is 76.7 Å². The van der Waals surface area contributed by atoms with Gasteiger partial charge < -0.3 is 4.74 Å². The van der Waals surface area contributed by atoms with Crippen LogP contribution in [0.3, 0.4) is 0 Å². The van der Waals surface area contributed by atoms with Crippen LogP contribution in [0.25, 0.3) is 17.1 Å². The molecular formula is C20H15N3O2. The quantitative estimate of drug-likeness (QED) is 0.532. The van der Waals surface area contributed by atoms with Gasteiger partial charge in [0, 0.05) is 5.56 Å². The maximum Gasteiger partial charge on any atom is 0.363 e. The number of benzene rings is 2. The third kappa shape index (κ3) is 2.92. The molecule has 1 aromatic heterocycles. The molecule has 0 N–H and O–H groups in total. The molecule has 5 heteroatoms. The van der Waals surface area contributed by atoms with Crippen LogP contribution in [-0.2, 0) is 9.53 Å². The molecule has 2 aromatic carbocycles. The average Bonchev–Trinajstić information content (AvgIpc) is 2.98. The van der Waals surface area contributed by atoms with Crippen LogP contribution in [-0.4, -0.2) is 21.8 Å². The van der Waals surface area contributed by atoms with Gasteiger partial charge >= 0.3 is 5.97 Å². The highest BCUT2D eigenvalue weighted by Crippen LogP contribution is 2.20. The Hall–Kier alpha value is -3.34. The van der Waals surface area contributed by atoms with E-state index >= 15 is 0 Å². The SMILES string of the molecule is Cc1ccc(C2=N/C(=C\c3cnc4ccccc4n3)C(=O)O2)cc1C. The van der Waals surface area contributed by atoms with E-state index in [1.165, 1.54) is 5.56 Å². The van der Waals surface area contributed by atoms with Crippen molar-refractivity contribution in [3.8, 4) is 0 Å². The molecule has 4 rings (SSSR count). The number of aromatic nitrogens is 2. The maximum atomic E-state index is 12.1. The van der Waals surface area contributed by atoms with Gasteiger partial charge in [0.2, 0.25) is 5.90 Å². The largest absolute Gasteiger partial charge is 0.402 e. The highest BCUT2D eigenvalue weighted by atomic mass is 16.6. The number of para-hydroxylation sites is 2. The maximum absolute atomic E-state index is 12.1. The number of fused-ring (bicyclic) bond motifs is 1. The van der Waals surface area contributed by atoms with Crippen LogP contribution in [0.5, 0.6) is 0 Å². The lowest BCUT2D eigenvalue weighted by molar-refractivity contribution is -0.129. The normalized spacial score (nSPS) is 15.5. The minimum Gasteiger partial charge on any atom is -0.402 e. The average molecular weight is 329 g/mol. The Kier molecular flexibility index (Phi) is 3.61. The van der Waals surface area contributed by atoms with E-state index in [4.69, 9.17) is 4.74 Å². The summed E-state index contributed by atoms with van der Waals surface area (Å²) in [5, 5.41) is 0. The molecule has 0 spiro atoms. The molecule has 3 aromatic rings. The summed E-state index contributed by atoms with van der Waals surface area (Å²) in [6.07, 6.45) is 3.21. The van der Waals surface area contributed by atoms with Crippen LogP contribution in [0.2, 0.25) is 0 Å². The van der Waals surface area contributed by atoms with Gasteiger partial charge in [-0.25, -0.2) is 14.8 Å². The third-order valence-electron chi connectivity index (χ3n) is 4.13. The standard InChI is InChI=1S/C20H15N3O2/c1-12-7-8-14(9-13(12)2)19-23-18(20(24)25-19)10-15-11-21-16-5-3-4-6-17(16)22-15/h3-11H,1-2H3/b18-10-. The lowest BCUT2D eigenvalue weighted by Gasteiger charge is -2.03. The summed E-state index contributed by atoms with van der Waals surface area (Å²) in [5.74, 6) is -0.170. The lowest BCUT2D eigenvalue weighted by atomic mass is 10.1. The minimum atomic E-state index is -0.483. The van der Waals surface area contributed by atoms with Crippen molar-refractivity contribution in [2.24, 2.45) is 4.99 Å². The van der Waals surface area contributed by atoms with Crippen LogP contribution in [0, 0.1) is 13.8 Å². The molecule has 122 valence electrons. The van der Waals surface area contributed by atoms with Crippen molar-refractivity contribution in [3.63, 3.8) is 0 Å². The Labute approximate surface area is 144 Å². The fraction of sp³-hybridized carbons (Fsp3) is 0.100. The molecule has 1 aliphatic rings. The van der Waals surface area contributed by atoms with E-state index < -0.39 is 5.97 Å². The van der Waals surface area contributed by atoms with Crippen molar-refractivity contribution in [2.75, 3.05) is 0 Å². The zero-order valence-corrected chi connectivity index (χ0v) is 13.9. The van der Waals surface area contributed by atoms with Crippen molar-refractivity contribution < 1.29 is 9.53 Å². The van der Waals surface area contributed by atoms with Crippen molar-refractivity contribution >= 4 is 29.0 Å². The first kappa shape index (κ1) is 15.2. The molecular weight excluding hydrogens is 314 g/mol. The van der Waals surface area contributed by atoms with Crippen molar-refractivity contribution in [2.45, 2.75) is 13.8 Å². The molecule has 0 saturated heterocycles. The number of carbonyl (C=O) groups excluding carboxylic acids is 1. The van der Waals surface area contributed by atoms with E-state index in [1.807, 2.05) is 56.3 Å². The monoisotopic (exact) mass is 329 g/mol. The Morgan fingerprint density at radius 2 is 1.80 bits per heavy atom. The van der Waals surface area contributed by atoms with E-state index in [1.54, 1.807) is 12.3 Å². The van der Waals surface area contributed by atoms with Crippen molar-refractivity contribution in [1.29, 1.82) is 0 Å². The fourth-order valence-electron chi connectivity index (χ4n) is 2.59. The number of rotatable bonds is 2. The van der Waals surface area contributed by atoms with Gasteiger partial charge in [0.25, 0.3) is 0 Å². The van der Waals surface area contributed by atoms with Gasteiger partial charge in [-0.3, -0.25) is 4.98 Å². The predicted molar refractivity (Wildman–Crippen MR) is 96.1 cm³/mol. The smallest absolute Gasteiger partial charge is 0.363 e. The molecule has 0 unspecified atom stereocenters. The zero-order valence-electron chi connectivity index (χ0n) is 13.9. The number of hydrogen-bond acceptors (Lipinski definition) is 5. The lowest BCUT2D eigenvalue weighted by Crippen LogP contribution is -2.05. The second-order valence-corrected chi connectivity index (χ2v) is 5.92. The molecule has 0 aliphatic carbocycles. The van der Waals surface area contributed by atoms with Crippen LogP contribution in [0.15, 0.2) is 59.4 Å². The minimum absolute atomic E-state index is 0.220. The van der Waals surface area contributed by atoms with E-state index in [-0.39, 0.29) is 5.70 Å². The van der Waals surface area contributed by atoms with Gasteiger partial charge in [0.05, 0.1) is 22.9 Å². The summed E-state index contributed by atoms with van der Waals surface area (Å²) in [6, 6.07) is 13.4. The summed E-state index contributed by atoms with van der Waals surface area (Å²) in [5.41, 5.74) is 5.43. The van der Waals surface area contributed by atoms with Crippen LogP contribution >= 0.6 is 0 Å². The van der Waals surface area contributed by atoms with E-state index in [9.17, 15) is 4.79 Å². The Morgan fingerprint density at radius 3 is 2.60 bits per heavy atom. The van der Waals surface area contributed by atoms with Gasteiger partial charge in [-0.15, -0.1) is 0 Å². The van der Waals surface area contributed by atoms with Crippen LogP contribution < -0.4 is 0 Å². The molecule has 1 aliphatic heterocycles. The number of aliphatic imine (C=N–C) groups is 1. The fourth-order valence-corrected chi connectivity index (χ4v) is 2.59. The number of ether oxygens (including phenoxy) is 1. The van der Waals surface area contributed by atoms with Gasteiger partial charge in [0.1, 0.15) is 0 Å². The van der Waals surface area contributed by atoms with Gasteiger partial charge in [-0.05, 0) is 55.3 Å². The Bertz CT molecular complexity index is 1070. The number of hydrogen-bond donors (Lipinski definition) is 0. The van der Waals surface area contributed by atoms with Crippen LogP contribution in [0.1, 0.15) is 22.4 Å². The second-order valence-electron chi connectivity index (χ2n) is 5.92. The third-order valence-corrected chi connectivity index (χ3v) is 4.13. The topological polar surface area (TPSA) is 64.4 Å². The van der Waals surface area contributed by atoms with Gasteiger partial charge in [0.15, 0.2) is 5.70 Å². The summed E-state index contributed by atoms with van der Waals surface area (Å²) < 4.78 is 5.31. The van der Waals surface area contributed by atoms with E-state index in [2.05, 4.69) is 15.0 Å². The van der Waals surface area contributed by atoms with Gasteiger partial charge in [-0.2, -0.15) is 0 Å². The highest BCUT2D eigenvalue weighted by Gasteiger charge is 2.24. The number of nitrogens with zero attached hydrogens (tertiary/aromatic N) is 3. The highest BCUT2D eigenvalue weighted by molar-refractivity contribution is 6.12. The van der Waals surface area contributed by atoms with E-state index in [0.717, 1.165) is 22.2 Å². The first-order valence-electron chi connectivity index (χ1n) is 7.92. The summed E-state index contributed by atoms with van der Waals surface area (Å²) >= 11 is 0. The molecule has 0 fully saturated rings. The van der Waals surface area contributed by atoms with Gasteiger partial charge in [-0.1, -0.05) is 18.2 Å². The summed E-state index contributed by atoms with van der Waals surface area (Å²) in [7, 11) is 0. The molecule has 0 bridgehead atoms. The number of esters is 1. The molecule has 2 heterocycles. The Balaban J connectivity index is 1.71. The molecule has 5 nitrogen and oxygen atoms in total. The predicted octanol–water partition coefficient (Wildman–Crippen LogP) is 3.59. The first-order valence-corrected chi connectivity index (χ1v) is 7.92. The molecule has 25 heavy (non-hydrogen) atoms. The second kappa shape index (κ2) is 5.94. The number of aryl methyl sites for hydroxylation is 2. The van der Waals surface area contributed by atoms with Crippen molar-refractivity contribution in [1.82, 2.24) is 9.97 Å². The number of carbonyl (C=O) groups is 1. The first-order chi connectivity index (χ1) is 12.1. The molecule has 0 radical (unpaired) electrons. The van der Waals surface area contributed by atoms with Crippen LogP contribution in [0.4, 0.5) is 0 Å². The van der Waals surface area contributed by atoms with E-state index in [0.29, 0.717) is 11.6 Å². The molecule has 0 atom stereocenters. The Morgan fingerprint density at radius 1 is 1.00 bits per heavy atom. The molecule has 0 amide bonds. The summed E-state index contributed by atoms with van der Waals surface area (Å²) in [6.45, 7) is 4.04. The number of cyclic esters (lactones) is 1. The molecule has 0 saturated carbocycles. The zero-order chi connectivity index (χ0) is 17.4.